The van der Waals surface area contributed by atoms with Gasteiger partial charge >= 0.3 is 0 Å². The molecule has 0 saturated carbocycles. The number of rotatable bonds is 5. The van der Waals surface area contributed by atoms with Gasteiger partial charge in [-0.1, -0.05) is 26.0 Å². The third-order valence-electron chi connectivity index (χ3n) is 3.25. The van der Waals surface area contributed by atoms with Crippen molar-refractivity contribution in [2.24, 2.45) is 7.05 Å². The molecule has 0 saturated heterocycles. The molecule has 0 fully saturated rings. The van der Waals surface area contributed by atoms with Crippen molar-refractivity contribution in [1.82, 2.24) is 9.78 Å². The number of nitrogen functional groups attached to an aromatic ring is 1. The quantitative estimate of drug-likeness (QED) is 0.883. The van der Waals surface area contributed by atoms with Gasteiger partial charge in [-0.2, -0.15) is 5.10 Å². The molecule has 2 aromatic rings. The fourth-order valence-corrected chi connectivity index (χ4v) is 2.21. The minimum Gasteiger partial charge on any atom is -0.394 e. The Kier molecular flexibility index (Phi) is 4.27. The van der Waals surface area contributed by atoms with E-state index in [9.17, 15) is 4.39 Å². The summed E-state index contributed by atoms with van der Waals surface area (Å²) < 4.78 is 14.8. The highest BCUT2D eigenvalue weighted by molar-refractivity contribution is 5.65. The van der Waals surface area contributed by atoms with Crippen LogP contribution in [0.25, 0.3) is 0 Å². The molecular formula is C15H21FN4. The first-order valence-corrected chi connectivity index (χ1v) is 6.79. The Labute approximate surface area is 118 Å². The Bertz CT molecular complexity index is 590. The lowest BCUT2D eigenvalue weighted by Gasteiger charge is -2.08. The van der Waals surface area contributed by atoms with E-state index in [2.05, 4.69) is 24.3 Å². The van der Waals surface area contributed by atoms with E-state index in [0.29, 0.717) is 18.2 Å². The topological polar surface area (TPSA) is 55.9 Å². The average Bonchev–Trinajstić information content (AvgIpc) is 2.67. The first-order chi connectivity index (χ1) is 9.49. The van der Waals surface area contributed by atoms with Crippen LogP contribution in [-0.2, 0) is 13.5 Å². The van der Waals surface area contributed by atoms with E-state index in [1.807, 2.05) is 13.1 Å². The molecule has 0 aliphatic rings. The van der Waals surface area contributed by atoms with Crippen LogP contribution >= 0.6 is 0 Å². The van der Waals surface area contributed by atoms with Gasteiger partial charge in [0.15, 0.2) is 0 Å². The smallest absolute Gasteiger partial charge is 0.147 e. The van der Waals surface area contributed by atoms with Crippen LogP contribution in [0.1, 0.15) is 31.0 Å². The normalized spacial score (nSPS) is 11.1. The molecule has 108 valence electrons. The first-order valence-electron chi connectivity index (χ1n) is 6.79. The molecule has 0 unspecified atom stereocenters. The van der Waals surface area contributed by atoms with Crippen LogP contribution in [0.3, 0.4) is 0 Å². The molecule has 2 rings (SSSR count). The highest BCUT2D eigenvalue weighted by Crippen LogP contribution is 2.27. The van der Waals surface area contributed by atoms with E-state index >= 15 is 0 Å². The zero-order chi connectivity index (χ0) is 14.7. The van der Waals surface area contributed by atoms with Gasteiger partial charge in [0.25, 0.3) is 0 Å². The number of aromatic nitrogens is 2. The number of halogens is 1. The molecule has 0 bridgehead atoms. The average molecular weight is 276 g/mol. The number of nitrogens with two attached hydrogens (primary N) is 1. The molecule has 1 aromatic heterocycles. The molecule has 0 atom stereocenters. The summed E-state index contributed by atoms with van der Waals surface area (Å²) in [5.41, 5.74) is 8.66. The van der Waals surface area contributed by atoms with Crippen molar-refractivity contribution in [1.29, 1.82) is 0 Å². The van der Waals surface area contributed by atoms with Gasteiger partial charge in [0, 0.05) is 13.6 Å². The Morgan fingerprint density at radius 2 is 2.15 bits per heavy atom. The Balaban J connectivity index is 2.01. The van der Waals surface area contributed by atoms with E-state index < -0.39 is 0 Å². The molecule has 0 aliphatic heterocycles. The molecule has 4 nitrogen and oxygen atoms in total. The first kappa shape index (κ1) is 14.4. The molecule has 0 radical (unpaired) electrons. The zero-order valence-electron chi connectivity index (χ0n) is 12.2. The van der Waals surface area contributed by atoms with Crippen molar-refractivity contribution in [3.05, 3.63) is 41.3 Å². The maximum atomic E-state index is 13.1. The second-order valence-corrected chi connectivity index (χ2v) is 5.23. The fourth-order valence-electron chi connectivity index (χ4n) is 2.21. The minimum absolute atomic E-state index is 0.204. The van der Waals surface area contributed by atoms with E-state index in [1.54, 1.807) is 16.8 Å². The summed E-state index contributed by atoms with van der Waals surface area (Å²) in [4.78, 5) is 0. The summed E-state index contributed by atoms with van der Waals surface area (Å²) in [5, 5.41) is 7.70. The van der Waals surface area contributed by atoms with Crippen molar-refractivity contribution in [2.75, 3.05) is 17.6 Å². The maximum Gasteiger partial charge on any atom is 0.147 e. The molecule has 3 N–H and O–H groups in total. The van der Waals surface area contributed by atoms with E-state index in [4.69, 9.17) is 5.73 Å². The van der Waals surface area contributed by atoms with Crippen LogP contribution in [0, 0.1) is 5.82 Å². The third kappa shape index (κ3) is 3.10. The summed E-state index contributed by atoms with van der Waals surface area (Å²) in [6, 6.07) is 6.63. The second-order valence-electron chi connectivity index (χ2n) is 5.23. The standard InChI is InChI=1S/C15H21FN4/c1-10(2)14-13(17)15(20(3)19-14)18-8-7-11-5-4-6-12(16)9-11/h4-6,9-10,18H,7-8,17H2,1-3H3. The third-order valence-corrected chi connectivity index (χ3v) is 3.25. The van der Waals surface area contributed by atoms with Crippen LogP contribution < -0.4 is 11.1 Å². The van der Waals surface area contributed by atoms with Gasteiger partial charge in [0.2, 0.25) is 0 Å². The summed E-state index contributed by atoms with van der Waals surface area (Å²) >= 11 is 0. The Hall–Kier alpha value is -2.04. The highest BCUT2D eigenvalue weighted by atomic mass is 19.1. The molecule has 0 aliphatic carbocycles. The highest BCUT2D eigenvalue weighted by Gasteiger charge is 2.15. The monoisotopic (exact) mass is 276 g/mol. The van der Waals surface area contributed by atoms with Crippen LogP contribution in [0.2, 0.25) is 0 Å². The molecule has 1 aromatic carbocycles. The molecule has 0 amide bonds. The van der Waals surface area contributed by atoms with Gasteiger partial charge < -0.3 is 11.1 Å². The number of hydrogen-bond acceptors (Lipinski definition) is 3. The number of aryl methyl sites for hydroxylation is 1. The summed E-state index contributed by atoms with van der Waals surface area (Å²) in [6.07, 6.45) is 0.736. The summed E-state index contributed by atoms with van der Waals surface area (Å²) in [7, 11) is 1.87. The van der Waals surface area contributed by atoms with Gasteiger partial charge in [-0.05, 0) is 30.0 Å². The zero-order valence-corrected chi connectivity index (χ0v) is 12.2. The van der Waals surface area contributed by atoms with Crippen molar-refractivity contribution >= 4 is 11.5 Å². The van der Waals surface area contributed by atoms with Crippen molar-refractivity contribution in [3.8, 4) is 0 Å². The molecule has 0 spiro atoms. The molecule has 1 heterocycles. The second kappa shape index (κ2) is 5.94. The van der Waals surface area contributed by atoms with E-state index in [0.717, 1.165) is 23.5 Å². The molecule has 5 heteroatoms. The number of nitrogens with zero attached hydrogens (tertiary/aromatic N) is 2. The van der Waals surface area contributed by atoms with Gasteiger partial charge in [-0.15, -0.1) is 0 Å². The van der Waals surface area contributed by atoms with Crippen LogP contribution in [0.15, 0.2) is 24.3 Å². The van der Waals surface area contributed by atoms with E-state index in [-0.39, 0.29) is 5.82 Å². The van der Waals surface area contributed by atoms with Crippen molar-refractivity contribution in [2.45, 2.75) is 26.2 Å². The number of benzene rings is 1. The van der Waals surface area contributed by atoms with E-state index in [1.165, 1.54) is 6.07 Å². The SMILES string of the molecule is CC(C)c1nn(C)c(NCCc2cccc(F)c2)c1N. The Morgan fingerprint density at radius 3 is 2.75 bits per heavy atom. The Morgan fingerprint density at radius 1 is 1.40 bits per heavy atom. The van der Waals surface area contributed by atoms with Gasteiger partial charge in [-0.3, -0.25) is 4.68 Å². The van der Waals surface area contributed by atoms with Crippen molar-refractivity contribution < 1.29 is 4.39 Å². The predicted molar refractivity (Wildman–Crippen MR) is 80.3 cm³/mol. The molecular weight excluding hydrogens is 255 g/mol. The predicted octanol–water partition coefficient (Wildman–Crippen LogP) is 2.92. The van der Waals surface area contributed by atoms with Gasteiger partial charge in [-0.25, -0.2) is 4.39 Å². The molecule has 20 heavy (non-hydrogen) atoms. The number of hydrogen-bond donors (Lipinski definition) is 2. The number of anilines is 2. The minimum atomic E-state index is -0.204. The fraction of sp³-hybridized carbons (Fsp3) is 0.400. The summed E-state index contributed by atoms with van der Waals surface area (Å²) in [5.74, 6) is 0.912. The summed E-state index contributed by atoms with van der Waals surface area (Å²) in [6.45, 7) is 4.81. The number of nitrogens with one attached hydrogen (secondary N) is 1. The lowest BCUT2D eigenvalue weighted by atomic mass is 10.1. The maximum absolute atomic E-state index is 13.1. The van der Waals surface area contributed by atoms with Gasteiger partial charge in [0.05, 0.1) is 11.4 Å². The van der Waals surface area contributed by atoms with Crippen LogP contribution in [0.5, 0.6) is 0 Å². The largest absolute Gasteiger partial charge is 0.394 e. The van der Waals surface area contributed by atoms with Gasteiger partial charge in [0.1, 0.15) is 11.6 Å². The lowest BCUT2D eigenvalue weighted by Crippen LogP contribution is -2.10. The van der Waals surface area contributed by atoms with Crippen LogP contribution in [-0.4, -0.2) is 16.3 Å². The van der Waals surface area contributed by atoms with Crippen LogP contribution in [0.4, 0.5) is 15.9 Å². The lowest BCUT2D eigenvalue weighted by molar-refractivity contribution is 0.625. The van der Waals surface area contributed by atoms with Crippen molar-refractivity contribution in [3.63, 3.8) is 0 Å².